The van der Waals surface area contributed by atoms with Crippen LogP contribution in [0.5, 0.6) is 0 Å². The minimum Gasteiger partial charge on any atom is -0.358 e. The van der Waals surface area contributed by atoms with Gasteiger partial charge in [0.2, 0.25) is 5.91 Å². The molecule has 1 amide bonds. The van der Waals surface area contributed by atoms with Crippen molar-refractivity contribution in [1.29, 1.82) is 0 Å². The molecule has 0 radical (unpaired) electrons. The van der Waals surface area contributed by atoms with Gasteiger partial charge in [-0.15, -0.1) is 0 Å². The highest BCUT2D eigenvalue weighted by atomic mass is 16.1. The number of rotatable bonds is 6. The van der Waals surface area contributed by atoms with Crippen molar-refractivity contribution in [3.05, 3.63) is 66.1 Å². The Labute approximate surface area is 152 Å². The fraction of sp³-hybridized carbons (Fsp3) is 0.238. The monoisotopic (exact) mass is 346 g/mol. The Balaban J connectivity index is 1.32. The Hall–Kier alpha value is -3.08. The van der Waals surface area contributed by atoms with E-state index < -0.39 is 0 Å². The number of fused-ring (bicyclic) bond motifs is 2. The van der Waals surface area contributed by atoms with Crippen LogP contribution in [0.1, 0.15) is 17.7 Å². The van der Waals surface area contributed by atoms with E-state index in [1.165, 1.54) is 0 Å². The molecule has 0 aliphatic rings. The smallest absolute Gasteiger partial charge is 0.224 e. The highest BCUT2D eigenvalue weighted by Gasteiger charge is 2.11. The van der Waals surface area contributed by atoms with Crippen LogP contribution < -0.4 is 5.32 Å². The molecule has 0 fully saturated rings. The van der Waals surface area contributed by atoms with Gasteiger partial charge in [0.15, 0.2) is 0 Å². The van der Waals surface area contributed by atoms with Crippen LogP contribution in [0.15, 0.2) is 54.9 Å². The molecule has 2 aromatic heterocycles. The number of aryl methyl sites for hydroxylation is 2. The van der Waals surface area contributed by atoms with E-state index in [4.69, 9.17) is 0 Å². The molecule has 2 aromatic carbocycles. The van der Waals surface area contributed by atoms with Crippen LogP contribution in [0.3, 0.4) is 0 Å². The Morgan fingerprint density at radius 1 is 1.15 bits per heavy atom. The number of hydrogen-bond acceptors (Lipinski definition) is 2. The number of nitrogens with one attached hydrogen (secondary N) is 2. The van der Waals surface area contributed by atoms with Gasteiger partial charge in [0.05, 0.1) is 23.8 Å². The van der Waals surface area contributed by atoms with E-state index in [0.717, 1.165) is 46.2 Å². The minimum absolute atomic E-state index is 0.0633. The van der Waals surface area contributed by atoms with Gasteiger partial charge in [0, 0.05) is 29.7 Å². The number of imidazole rings is 1. The van der Waals surface area contributed by atoms with Gasteiger partial charge < -0.3 is 14.9 Å². The van der Waals surface area contributed by atoms with Gasteiger partial charge >= 0.3 is 0 Å². The van der Waals surface area contributed by atoms with Crippen LogP contribution in [0.2, 0.25) is 0 Å². The lowest BCUT2D eigenvalue weighted by Crippen LogP contribution is -2.27. The molecule has 0 saturated carbocycles. The third kappa shape index (κ3) is 3.20. The second-order valence-electron chi connectivity index (χ2n) is 6.58. The number of H-pyrrole nitrogens is 1. The van der Waals surface area contributed by atoms with Gasteiger partial charge in [-0.2, -0.15) is 0 Å². The van der Waals surface area contributed by atoms with Crippen LogP contribution >= 0.6 is 0 Å². The van der Waals surface area contributed by atoms with Crippen molar-refractivity contribution in [3.8, 4) is 0 Å². The predicted molar refractivity (Wildman–Crippen MR) is 104 cm³/mol. The summed E-state index contributed by atoms with van der Waals surface area (Å²) in [6, 6.07) is 16.2. The summed E-state index contributed by atoms with van der Waals surface area (Å²) in [5.41, 5.74) is 5.37. The lowest BCUT2D eigenvalue weighted by molar-refractivity contribution is -0.120. The second kappa shape index (κ2) is 7.04. The van der Waals surface area contributed by atoms with Gasteiger partial charge in [-0.05, 0) is 37.1 Å². The molecule has 0 bridgehead atoms. The molecule has 4 aromatic rings. The summed E-state index contributed by atoms with van der Waals surface area (Å²) in [6.45, 7) is 3.52. The molecule has 0 aliphatic carbocycles. The van der Waals surface area contributed by atoms with Gasteiger partial charge in [-0.1, -0.05) is 30.3 Å². The molecule has 0 atom stereocenters. The SMILES string of the molecule is Cc1[nH]c2ccccc2c1CC(=O)NCCCn1cnc2ccccc21. The zero-order valence-electron chi connectivity index (χ0n) is 14.8. The van der Waals surface area contributed by atoms with E-state index in [1.54, 1.807) is 0 Å². The number of para-hydroxylation sites is 3. The minimum atomic E-state index is 0.0633. The van der Waals surface area contributed by atoms with Gasteiger partial charge in [-0.3, -0.25) is 4.79 Å². The second-order valence-corrected chi connectivity index (χ2v) is 6.58. The van der Waals surface area contributed by atoms with Crippen molar-refractivity contribution in [2.45, 2.75) is 26.3 Å². The average molecular weight is 346 g/mol. The van der Waals surface area contributed by atoms with Crippen LogP contribution in [-0.2, 0) is 17.8 Å². The number of carbonyl (C=O) groups is 1. The summed E-state index contributed by atoms with van der Waals surface area (Å²) >= 11 is 0. The van der Waals surface area contributed by atoms with Crippen LogP contribution in [0.25, 0.3) is 21.9 Å². The normalized spacial score (nSPS) is 11.3. The van der Waals surface area contributed by atoms with Gasteiger partial charge in [0.25, 0.3) is 0 Å². The molecule has 132 valence electrons. The fourth-order valence-corrected chi connectivity index (χ4v) is 3.45. The van der Waals surface area contributed by atoms with Crippen molar-refractivity contribution < 1.29 is 4.79 Å². The molecule has 0 aliphatic heterocycles. The highest BCUT2D eigenvalue weighted by Crippen LogP contribution is 2.22. The predicted octanol–water partition coefficient (Wildman–Crippen LogP) is 3.58. The van der Waals surface area contributed by atoms with Crippen molar-refractivity contribution in [2.75, 3.05) is 6.54 Å². The Morgan fingerprint density at radius 2 is 1.96 bits per heavy atom. The van der Waals surface area contributed by atoms with Crippen molar-refractivity contribution in [1.82, 2.24) is 19.9 Å². The topological polar surface area (TPSA) is 62.7 Å². The van der Waals surface area contributed by atoms with Crippen LogP contribution in [-0.4, -0.2) is 27.0 Å². The van der Waals surface area contributed by atoms with Crippen molar-refractivity contribution in [2.24, 2.45) is 0 Å². The maximum atomic E-state index is 12.3. The molecule has 5 heteroatoms. The molecule has 2 heterocycles. The number of hydrogen-bond donors (Lipinski definition) is 2. The third-order valence-corrected chi connectivity index (χ3v) is 4.79. The first kappa shape index (κ1) is 16.4. The van der Waals surface area contributed by atoms with E-state index in [9.17, 15) is 4.79 Å². The zero-order chi connectivity index (χ0) is 17.9. The van der Waals surface area contributed by atoms with Gasteiger partial charge in [-0.25, -0.2) is 4.98 Å². The highest BCUT2D eigenvalue weighted by molar-refractivity contribution is 5.90. The maximum Gasteiger partial charge on any atom is 0.224 e. The number of benzene rings is 2. The first-order valence-corrected chi connectivity index (χ1v) is 8.95. The number of nitrogens with zero attached hydrogens (tertiary/aromatic N) is 2. The van der Waals surface area contributed by atoms with E-state index in [0.29, 0.717) is 13.0 Å². The fourth-order valence-electron chi connectivity index (χ4n) is 3.45. The number of carbonyl (C=O) groups excluding carboxylic acids is 1. The largest absolute Gasteiger partial charge is 0.358 e. The van der Waals surface area contributed by atoms with Crippen LogP contribution in [0.4, 0.5) is 0 Å². The summed E-state index contributed by atoms with van der Waals surface area (Å²) in [7, 11) is 0. The standard InChI is InChI=1S/C21H22N4O/c1-15-17(16-7-2-3-8-18(16)24-15)13-21(26)22-11-6-12-25-14-23-19-9-4-5-10-20(19)25/h2-5,7-10,14,24H,6,11-13H2,1H3,(H,22,26). The van der Waals surface area contributed by atoms with Crippen molar-refractivity contribution >= 4 is 27.8 Å². The quantitative estimate of drug-likeness (QED) is 0.524. The van der Waals surface area contributed by atoms with E-state index in [2.05, 4.69) is 32.0 Å². The summed E-state index contributed by atoms with van der Waals surface area (Å²) < 4.78 is 2.13. The summed E-state index contributed by atoms with van der Waals surface area (Å²) in [6.07, 6.45) is 3.14. The average Bonchev–Trinajstić information content (AvgIpc) is 3.20. The number of aromatic nitrogens is 3. The van der Waals surface area contributed by atoms with E-state index >= 15 is 0 Å². The Bertz CT molecular complexity index is 1060. The zero-order valence-corrected chi connectivity index (χ0v) is 14.8. The first-order chi connectivity index (χ1) is 12.7. The summed E-state index contributed by atoms with van der Waals surface area (Å²) in [4.78, 5) is 20.1. The van der Waals surface area contributed by atoms with E-state index in [1.807, 2.05) is 49.6 Å². The molecule has 5 nitrogen and oxygen atoms in total. The molecular weight excluding hydrogens is 324 g/mol. The molecule has 4 rings (SSSR count). The van der Waals surface area contributed by atoms with E-state index in [-0.39, 0.29) is 5.91 Å². The lowest BCUT2D eigenvalue weighted by Gasteiger charge is -2.07. The lowest BCUT2D eigenvalue weighted by atomic mass is 10.1. The molecule has 26 heavy (non-hydrogen) atoms. The molecule has 2 N–H and O–H groups in total. The van der Waals surface area contributed by atoms with Crippen LogP contribution in [0, 0.1) is 6.92 Å². The van der Waals surface area contributed by atoms with Crippen molar-refractivity contribution in [3.63, 3.8) is 0 Å². The maximum absolute atomic E-state index is 12.3. The Morgan fingerprint density at radius 3 is 2.88 bits per heavy atom. The number of amides is 1. The Kier molecular flexibility index (Phi) is 4.44. The summed E-state index contributed by atoms with van der Waals surface area (Å²) in [5, 5.41) is 4.17. The molecule has 0 spiro atoms. The summed E-state index contributed by atoms with van der Waals surface area (Å²) in [5.74, 6) is 0.0633. The number of aromatic amines is 1. The first-order valence-electron chi connectivity index (χ1n) is 8.95. The molecule has 0 saturated heterocycles. The third-order valence-electron chi connectivity index (χ3n) is 4.79. The molecule has 0 unspecified atom stereocenters. The molecular formula is C21H22N4O. The van der Waals surface area contributed by atoms with Gasteiger partial charge in [0.1, 0.15) is 0 Å².